The van der Waals surface area contributed by atoms with Crippen LogP contribution in [0, 0.1) is 0 Å². The first kappa shape index (κ1) is 10.2. The van der Waals surface area contributed by atoms with Crippen molar-refractivity contribution in [2.24, 2.45) is 0 Å². The molecule has 0 aliphatic carbocycles. The predicted molar refractivity (Wildman–Crippen MR) is 63.8 cm³/mol. The standard InChI is InChI=1S/C10H11BrN4/c1-15(2)10-8(11)9(13-14-10)7-5-3-4-6-12-7/h3-6H,1-2H3,(H,13,14). The monoisotopic (exact) mass is 266 g/mol. The number of nitrogens with one attached hydrogen (secondary N) is 1. The lowest BCUT2D eigenvalue weighted by atomic mass is 10.3. The molecule has 2 heterocycles. The van der Waals surface area contributed by atoms with Crippen molar-refractivity contribution < 1.29 is 0 Å². The van der Waals surface area contributed by atoms with Gasteiger partial charge in [0.1, 0.15) is 0 Å². The van der Waals surface area contributed by atoms with Gasteiger partial charge in [0, 0.05) is 20.3 Å². The second-order valence-corrected chi connectivity index (χ2v) is 4.14. The van der Waals surface area contributed by atoms with Gasteiger partial charge in [-0.05, 0) is 28.1 Å². The van der Waals surface area contributed by atoms with Gasteiger partial charge in [0.15, 0.2) is 5.82 Å². The summed E-state index contributed by atoms with van der Waals surface area (Å²) in [6, 6.07) is 5.78. The number of halogens is 1. The molecule has 0 aliphatic heterocycles. The van der Waals surface area contributed by atoms with Gasteiger partial charge in [0.25, 0.3) is 0 Å². The van der Waals surface area contributed by atoms with Crippen LogP contribution in [0.2, 0.25) is 0 Å². The summed E-state index contributed by atoms with van der Waals surface area (Å²) in [5, 5.41) is 7.18. The van der Waals surface area contributed by atoms with Crippen molar-refractivity contribution in [1.82, 2.24) is 15.2 Å². The highest BCUT2D eigenvalue weighted by molar-refractivity contribution is 9.10. The molecule has 0 fully saturated rings. The van der Waals surface area contributed by atoms with Crippen molar-refractivity contribution in [3.63, 3.8) is 0 Å². The molecule has 0 spiro atoms. The van der Waals surface area contributed by atoms with Crippen molar-refractivity contribution in [1.29, 1.82) is 0 Å². The highest BCUT2D eigenvalue weighted by atomic mass is 79.9. The maximum Gasteiger partial charge on any atom is 0.164 e. The van der Waals surface area contributed by atoms with Crippen molar-refractivity contribution in [3.8, 4) is 11.4 Å². The normalized spacial score (nSPS) is 10.3. The Labute approximate surface area is 96.5 Å². The number of hydrogen-bond donors (Lipinski definition) is 1. The van der Waals surface area contributed by atoms with Crippen LogP contribution in [0.15, 0.2) is 28.9 Å². The van der Waals surface area contributed by atoms with E-state index in [1.54, 1.807) is 6.20 Å². The lowest BCUT2D eigenvalue weighted by molar-refractivity contribution is 1.01. The average molecular weight is 267 g/mol. The van der Waals surface area contributed by atoms with Gasteiger partial charge >= 0.3 is 0 Å². The first-order valence-corrected chi connectivity index (χ1v) is 5.32. The van der Waals surface area contributed by atoms with Crippen molar-refractivity contribution in [2.45, 2.75) is 0 Å². The maximum absolute atomic E-state index is 4.26. The van der Waals surface area contributed by atoms with E-state index in [9.17, 15) is 0 Å². The van der Waals surface area contributed by atoms with Gasteiger partial charge in [-0.2, -0.15) is 5.10 Å². The van der Waals surface area contributed by atoms with Crippen LogP contribution < -0.4 is 4.90 Å². The van der Waals surface area contributed by atoms with E-state index in [1.165, 1.54) is 0 Å². The minimum absolute atomic E-state index is 0.871. The van der Waals surface area contributed by atoms with Crippen molar-refractivity contribution >= 4 is 21.7 Å². The summed E-state index contributed by atoms with van der Waals surface area (Å²) in [5.41, 5.74) is 1.78. The highest BCUT2D eigenvalue weighted by Crippen LogP contribution is 2.31. The minimum atomic E-state index is 0.871. The molecule has 2 rings (SSSR count). The number of H-pyrrole nitrogens is 1. The fraction of sp³-hybridized carbons (Fsp3) is 0.200. The van der Waals surface area contributed by atoms with Crippen LogP contribution in [0.3, 0.4) is 0 Å². The fourth-order valence-corrected chi connectivity index (χ4v) is 2.03. The molecular weight excluding hydrogens is 256 g/mol. The van der Waals surface area contributed by atoms with Gasteiger partial charge in [0.05, 0.1) is 15.9 Å². The Hall–Kier alpha value is -1.36. The first-order chi connectivity index (χ1) is 7.20. The summed E-state index contributed by atoms with van der Waals surface area (Å²) in [6.45, 7) is 0. The minimum Gasteiger partial charge on any atom is -0.360 e. The third-order valence-electron chi connectivity index (χ3n) is 2.03. The molecule has 1 N–H and O–H groups in total. The molecule has 0 radical (unpaired) electrons. The van der Waals surface area contributed by atoms with E-state index in [0.29, 0.717) is 0 Å². The Morgan fingerprint density at radius 1 is 1.33 bits per heavy atom. The number of rotatable bonds is 2. The third kappa shape index (κ3) is 1.87. The summed E-state index contributed by atoms with van der Waals surface area (Å²) in [5.74, 6) is 0.871. The van der Waals surface area contributed by atoms with E-state index in [4.69, 9.17) is 0 Å². The SMILES string of the molecule is CN(C)c1n[nH]c(-c2ccccn2)c1Br. The Morgan fingerprint density at radius 3 is 2.67 bits per heavy atom. The van der Waals surface area contributed by atoms with Gasteiger partial charge in [0.2, 0.25) is 0 Å². The average Bonchev–Trinajstić information content (AvgIpc) is 2.61. The Kier molecular flexibility index (Phi) is 2.73. The lowest BCUT2D eigenvalue weighted by Crippen LogP contribution is -2.09. The van der Waals surface area contributed by atoms with Gasteiger partial charge < -0.3 is 4.90 Å². The van der Waals surface area contributed by atoms with Crippen molar-refractivity contribution in [2.75, 3.05) is 19.0 Å². The Balaban J connectivity index is 2.47. The number of nitrogens with zero attached hydrogens (tertiary/aromatic N) is 3. The molecular formula is C10H11BrN4. The molecule has 0 saturated carbocycles. The molecule has 0 aliphatic rings. The zero-order valence-electron chi connectivity index (χ0n) is 8.53. The molecule has 78 valence electrons. The summed E-state index contributed by atoms with van der Waals surface area (Å²) in [4.78, 5) is 6.20. The lowest BCUT2D eigenvalue weighted by Gasteiger charge is -2.07. The van der Waals surface area contributed by atoms with E-state index in [1.807, 2.05) is 37.2 Å². The van der Waals surface area contributed by atoms with Crippen LogP contribution in [0.1, 0.15) is 0 Å². The molecule has 0 amide bonds. The molecule has 0 unspecified atom stereocenters. The second-order valence-electron chi connectivity index (χ2n) is 3.35. The second kappa shape index (κ2) is 4.02. The quantitative estimate of drug-likeness (QED) is 0.908. The van der Waals surface area contributed by atoms with Gasteiger partial charge in [-0.25, -0.2) is 0 Å². The molecule has 0 saturated heterocycles. The predicted octanol–water partition coefficient (Wildman–Crippen LogP) is 2.30. The number of hydrogen-bond acceptors (Lipinski definition) is 3. The zero-order valence-corrected chi connectivity index (χ0v) is 10.1. The van der Waals surface area contributed by atoms with Crippen LogP contribution in [-0.2, 0) is 0 Å². The van der Waals surface area contributed by atoms with E-state index in [2.05, 4.69) is 31.1 Å². The van der Waals surface area contributed by atoms with Crippen LogP contribution in [0.25, 0.3) is 11.4 Å². The number of pyridine rings is 1. The van der Waals surface area contributed by atoms with Gasteiger partial charge in [-0.3, -0.25) is 10.1 Å². The summed E-state index contributed by atoms with van der Waals surface area (Å²) in [7, 11) is 3.90. The van der Waals surface area contributed by atoms with Gasteiger partial charge in [-0.1, -0.05) is 6.07 Å². The molecule has 0 atom stereocenters. The summed E-state index contributed by atoms with van der Waals surface area (Å²) >= 11 is 3.51. The summed E-state index contributed by atoms with van der Waals surface area (Å²) < 4.78 is 0.936. The Morgan fingerprint density at radius 2 is 2.13 bits per heavy atom. The highest BCUT2D eigenvalue weighted by Gasteiger charge is 2.13. The van der Waals surface area contributed by atoms with Crippen LogP contribution in [0.5, 0.6) is 0 Å². The topological polar surface area (TPSA) is 44.8 Å². The van der Waals surface area contributed by atoms with E-state index in [0.717, 1.165) is 21.7 Å². The van der Waals surface area contributed by atoms with Crippen LogP contribution in [-0.4, -0.2) is 29.3 Å². The number of aromatic amines is 1. The Bertz CT molecular complexity index is 450. The number of anilines is 1. The van der Waals surface area contributed by atoms with E-state index < -0.39 is 0 Å². The summed E-state index contributed by atoms with van der Waals surface area (Å²) in [6.07, 6.45) is 1.76. The molecule has 0 aromatic carbocycles. The van der Waals surface area contributed by atoms with Crippen molar-refractivity contribution in [3.05, 3.63) is 28.9 Å². The molecule has 2 aromatic rings. The number of aromatic nitrogens is 3. The third-order valence-corrected chi connectivity index (χ3v) is 2.79. The van der Waals surface area contributed by atoms with E-state index >= 15 is 0 Å². The van der Waals surface area contributed by atoms with Crippen LogP contribution in [0.4, 0.5) is 5.82 Å². The van der Waals surface area contributed by atoms with Gasteiger partial charge in [-0.15, -0.1) is 0 Å². The molecule has 2 aromatic heterocycles. The molecule has 0 bridgehead atoms. The fourth-order valence-electron chi connectivity index (χ4n) is 1.30. The molecule has 5 heteroatoms. The smallest absolute Gasteiger partial charge is 0.164 e. The van der Waals surface area contributed by atoms with E-state index in [-0.39, 0.29) is 0 Å². The largest absolute Gasteiger partial charge is 0.360 e. The molecule has 15 heavy (non-hydrogen) atoms. The maximum atomic E-state index is 4.26. The molecule has 4 nitrogen and oxygen atoms in total. The first-order valence-electron chi connectivity index (χ1n) is 4.52. The zero-order chi connectivity index (χ0) is 10.8. The van der Waals surface area contributed by atoms with Crippen LogP contribution >= 0.6 is 15.9 Å².